The minimum atomic E-state index is -0.123. The van der Waals surface area contributed by atoms with Gasteiger partial charge in [0.15, 0.2) is 0 Å². The van der Waals surface area contributed by atoms with Gasteiger partial charge in [-0.2, -0.15) is 0 Å². The van der Waals surface area contributed by atoms with E-state index in [0.717, 1.165) is 17.0 Å². The summed E-state index contributed by atoms with van der Waals surface area (Å²) in [5.74, 6) is 1.44. The fraction of sp³-hybridized carbons (Fsp3) is 0.211. The maximum absolute atomic E-state index is 9.46. The van der Waals surface area contributed by atoms with Crippen LogP contribution in [0.25, 0.3) is 17.1 Å². The van der Waals surface area contributed by atoms with Crippen LogP contribution in [0, 0.1) is 0 Å². The van der Waals surface area contributed by atoms with E-state index in [1.807, 2.05) is 61.0 Å². The molecule has 1 aromatic carbocycles. The fourth-order valence-corrected chi connectivity index (χ4v) is 2.22. The van der Waals surface area contributed by atoms with Crippen molar-refractivity contribution in [2.45, 2.75) is 20.5 Å². The molecule has 0 saturated carbocycles. The van der Waals surface area contributed by atoms with E-state index >= 15 is 0 Å². The van der Waals surface area contributed by atoms with Crippen molar-refractivity contribution in [2.24, 2.45) is 0 Å². The van der Waals surface area contributed by atoms with E-state index < -0.39 is 0 Å². The van der Waals surface area contributed by atoms with Crippen molar-refractivity contribution < 1.29 is 9.84 Å². The molecule has 120 valence electrons. The Bertz CT molecular complexity index is 750. The second kappa shape index (κ2) is 7.61. The standard InChI is InChI=1S/C19H22N2O2/c1-5-16(11-10-14(2)3)21-12-15(13-22)20-19(21)17-8-6-7-9-18(17)23-4/h5-12,22H,1,13H2,2-4H3/b16-11+. The predicted molar refractivity (Wildman–Crippen MR) is 94.0 cm³/mol. The van der Waals surface area contributed by atoms with Crippen LogP contribution in [-0.4, -0.2) is 21.8 Å². The number of aliphatic hydroxyl groups is 1. The van der Waals surface area contributed by atoms with Crippen LogP contribution in [0.2, 0.25) is 0 Å². The number of aromatic nitrogens is 2. The smallest absolute Gasteiger partial charge is 0.148 e. The summed E-state index contributed by atoms with van der Waals surface area (Å²) in [5, 5.41) is 9.46. The van der Waals surface area contributed by atoms with Crippen LogP contribution in [0.4, 0.5) is 0 Å². The number of nitrogens with zero attached hydrogens (tertiary/aromatic N) is 2. The molecule has 0 radical (unpaired) electrons. The van der Waals surface area contributed by atoms with E-state index in [9.17, 15) is 5.11 Å². The highest BCUT2D eigenvalue weighted by Crippen LogP contribution is 2.31. The number of allylic oxidation sites excluding steroid dienone is 5. The molecule has 0 aliphatic rings. The first kappa shape index (κ1) is 16.8. The van der Waals surface area contributed by atoms with Gasteiger partial charge in [-0.15, -0.1) is 0 Å². The second-order valence-corrected chi connectivity index (χ2v) is 5.32. The molecule has 1 aromatic heterocycles. The van der Waals surface area contributed by atoms with Crippen molar-refractivity contribution in [3.63, 3.8) is 0 Å². The lowest BCUT2D eigenvalue weighted by atomic mass is 10.2. The van der Waals surface area contributed by atoms with Crippen LogP contribution >= 0.6 is 0 Å². The Balaban J connectivity index is 2.65. The van der Waals surface area contributed by atoms with Crippen LogP contribution in [0.1, 0.15) is 19.5 Å². The highest BCUT2D eigenvalue weighted by molar-refractivity contribution is 5.71. The molecule has 0 saturated heterocycles. The maximum Gasteiger partial charge on any atom is 0.148 e. The van der Waals surface area contributed by atoms with Crippen molar-refractivity contribution in [2.75, 3.05) is 7.11 Å². The predicted octanol–water partition coefficient (Wildman–Crippen LogP) is 4.04. The monoisotopic (exact) mass is 310 g/mol. The minimum absolute atomic E-state index is 0.123. The number of para-hydroxylation sites is 1. The van der Waals surface area contributed by atoms with Gasteiger partial charge in [-0.3, -0.25) is 4.57 Å². The van der Waals surface area contributed by atoms with E-state index in [1.165, 1.54) is 5.57 Å². The van der Waals surface area contributed by atoms with E-state index in [1.54, 1.807) is 13.2 Å². The molecule has 23 heavy (non-hydrogen) atoms. The van der Waals surface area contributed by atoms with E-state index in [-0.39, 0.29) is 6.61 Å². The van der Waals surface area contributed by atoms with Crippen LogP contribution in [0.3, 0.4) is 0 Å². The van der Waals surface area contributed by atoms with Crippen molar-refractivity contribution in [1.29, 1.82) is 0 Å². The number of hydrogen-bond acceptors (Lipinski definition) is 3. The summed E-state index contributed by atoms with van der Waals surface area (Å²) >= 11 is 0. The largest absolute Gasteiger partial charge is 0.496 e. The van der Waals surface area contributed by atoms with Crippen LogP contribution in [0.15, 0.2) is 60.8 Å². The van der Waals surface area contributed by atoms with Crippen molar-refractivity contribution in [3.05, 3.63) is 66.5 Å². The lowest BCUT2D eigenvalue weighted by molar-refractivity contribution is 0.277. The summed E-state index contributed by atoms with van der Waals surface area (Å²) in [6, 6.07) is 7.68. The SMILES string of the molecule is C=C/C(=C\C=C(C)C)n1cc(CO)nc1-c1ccccc1OC. The molecular weight excluding hydrogens is 288 g/mol. The lowest BCUT2D eigenvalue weighted by Crippen LogP contribution is -1.98. The van der Waals surface area contributed by atoms with Gasteiger partial charge in [-0.05, 0) is 38.1 Å². The third-order valence-corrected chi connectivity index (χ3v) is 3.34. The Morgan fingerprint density at radius 1 is 1.30 bits per heavy atom. The molecular formula is C19H22N2O2. The first-order valence-corrected chi connectivity index (χ1v) is 7.41. The van der Waals surface area contributed by atoms with Crippen molar-refractivity contribution >= 4 is 5.70 Å². The third kappa shape index (κ3) is 3.79. The summed E-state index contributed by atoms with van der Waals surface area (Å²) in [6.45, 7) is 7.83. The summed E-state index contributed by atoms with van der Waals surface area (Å²) in [7, 11) is 1.63. The summed E-state index contributed by atoms with van der Waals surface area (Å²) in [4.78, 5) is 4.53. The molecule has 0 unspecified atom stereocenters. The zero-order valence-electron chi connectivity index (χ0n) is 13.8. The first-order valence-electron chi connectivity index (χ1n) is 7.41. The van der Waals surface area contributed by atoms with Crippen LogP contribution in [0.5, 0.6) is 5.75 Å². The van der Waals surface area contributed by atoms with E-state index in [4.69, 9.17) is 4.74 Å². The molecule has 2 aromatic rings. The molecule has 0 bridgehead atoms. The van der Waals surface area contributed by atoms with Crippen LogP contribution < -0.4 is 4.74 Å². The van der Waals surface area contributed by atoms with Gasteiger partial charge in [0.25, 0.3) is 0 Å². The van der Waals surface area contributed by atoms with E-state index in [0.29, 0.717) is 11.5 Å². The fourth-order valence-electron chi connectivity index (χ4n) is 2.22. The van der Waals surface area contributed by atoms with Gasteiger partial charge in [0, 0.05) is 11.9 Å². The Morgan fingerprint density at radius 3 is 2.65 bits per heavy atom. The molecule has 0 spiro atoms. The molecule has 0 aliphatic carbocycles. The maximum atomic E-state index is 9.46. The summed E-state index contributed by atoms with van der Waals surface area (Å²) in [6.07, 6.45) is 7.57. The number of benzene rings is 1. The van der Waals surface area contributed by atoms with Gasteiger partial charge in [0.1, 0.15) is 11.6 Å². The molecule has 2 rings (SSSR count). The molecule has 0 fully saturated rings. The van der Waals surface area contributed by atoms with Gasteiger partial charge in [-0.25, -0.2) is 4.98 Å². The number of ether oxygens (including phenoxy) is 1. The number of imidazole rings is 1. The number of aliphatic hydroxyl groups excluding tert-OH is 1. The highest BCUT2D eigenvalue weighted by Gasteiger charge is 2.15. The summed E-state index contributed by atoms with van der Waals surface area (Å²) < 4.78 is 7.35. The van der Waals surface area contributed by atoms with Gasteiger partial charge in [0.05, 0.1) is 25.0 Å². The Kier molecular flexibility index (Phi) is 5.55. The average Bonchev–Trinajstić information content (AvgIpc) is 2.99. The molecule has 4 heteroatoms. The Morgan fingerprint density at radius 2 is 2.04 bits per heavy atom. The molecule has 0 amide bonds. The molecule has 0 atom stereocenters. The second-order valence-electron chi connectivity index (χ2n) is 5.32. The average molecular weight is 310 g/mol. The minimum Gasteiger partial charge on any atom is -0.496 e. The van der Waals surface area contributed by atoms with Gasteiger partial charge in [0.2, 0.25) is 0 Å². The van der Waals surface area contributed by atoms with Crippen molar-refractivity contribution in [3.8, 4) is 17.1 Å². The quantitative estimate of drug-likeness (QED) is 0.819. The number of methoxy groups -OCH3 is 1. The molecule has 0 aliphatic heterocycles. The Hall–Kier alpha value is -2.59. The lowest BCUT2D eigenvalue weighted by Gasteiger charge is -2.11. The van der Waals surface area contributed by atoms with Crippen LogP contribution in [-0.2, 0) is 6.61 Å². The highest BCUT2D eigenvalue weighted by atomic mass is 16.5. The van der Waals surface area contributed by atoms with Gasteiger partial charge in [-0.1, -0.05) is 30.4 Å². The zero-order chi connectivity index (χ0) is 16.8. The van der Waals surface area contributed by atoms with Crippen molar-refractivity contribution in [1.82, 2.24) is 9.55 Å². The molecule has 1 heterocycles. The van der Waals surface area contributed by atoms with Gasteiger partial charge < -0.3 is 9.84 Å². The topological polar surface area (TPSA) is 47.3 Å². The number of rotatable bonds is 6. The van der Waals surface area contributed by atoms with E-state index in [2.05, 4.69) is 11.6 Å². The molecule has 4 nitrogen and oxygen atoms in total. The number of hydrogen-bond donors (Lipinski definition) is 1. The normalized spacial score (nSPS) is 11.2. The Labute approximate surface area is 137 Å². The zero-order valence-corrected chi connectivity index (χ0v) is 13.8. The molecule has 1 N–H and O–H groups in total. The summed E-state index contributed by atoms with van der Waals surface area (Å²) in [5.41, 5.74) is 3.51. The first-order chi connectivity index (χ1) is 11.1. The third-order valence-electron chi connectivity index (χ3n) is 3.34. The van der Waals surface area contributed by atoms with Gasteiger partial charge >= 0.3 is 0 Å².